The van der Waals surface area contributed by atoms with Crippen molar-refractivity contribution in [2.24, 2.45) is 5.73 Å². The number of amides is 1. The van der Waals surface area contributed by atoms with E-state index in [0.717, 1.165) is 0 Å². The molecule has 4 N–H and O–H groups in total. The lowest BCUT2D eigenvalue weighted by atomic mass is 10.1. The topological polar surface area (TPSA) is 119 Å². The van der Waals surface area contributed by atoms with Gasteiger partial charge < -0.3 is 20.9 Å². The first kappa shape index (κ1) is 15.4. The zero-order valence-corrected chi connectivity index (χ0v) is 9.93. The highest BCUT2D eigenvalue weighted by Crippen LogP contribution is 1.98. The first-order chi connectivity index (χ1) is 7.93. The molecule has 0 aromatic rings. The molecule has 0 aromatic carbocycles. The quantitative estimate of drug-likeness (QED) is 0.401. The summed E-state index contributed by atoms with van der Waals surface area (Å²) in [5.41, 5.74) is 5.31. The standard InChI is InChI=1S/C10H18N2O5/c1-3-5-6(9(14)15)12-8(13)7(11)10(16)17-4-2/h6-7H,3-5,11H2,1-2H3,(H,12,13)(H,14,15). The zero-order chi connectivity index (χ0) is 13.4. The third kappa shape index (κ3) is 5.30. The van der Waals surface area contributed by atoms with Gasteiger partial charge in [0, 0.05) is 0 Å². The summed E-state index contributed by atoms with van der Waals surface area (Å²) in [4.78, 5) is 33.4. The van der Waals surface area contributed by atoms with Gasteiger partial charge in [-0.2, -0.15) is 0 Å². The van der Waals surface area contributed by atoms with Gasteiger partial charge in [-0.05, 0) is 13.3 Å². The van der Waals surface area contributed by atoms with Gasteiger partial charge >= 0.3 is 11.9 Å². The molecule has 0 spiro atoms. The molecule has 2 unspecified atom stereocenters. The second-order valence-electron chi connectivity index (χ2n) is 3.42. The lowest BCUT2D eigenvalue weighted by Gasteiger charge is -2.16. The van der Waals surface area contributed by atoms with Gasteiger partial charge in [0.15, 0.2) is 6.04 Å². The van der Waals surface area contributed by atoms with Gasteiger partial charge in [0.05, 0.1) is 6.61 Å². The molecule has 2 atom stereocenters. The Morgan fingerprint density at radius 1 is 1.35 bits per heavy atom. The highest BCUT2D eigenvalue weighted by Gasteiger charge is 2.27. The van der Waals surface area contributed by atoms with Gasteiger partial charge in [-0.1, -0.05) is 13.3 Å². The summed E-state index contributed by atoms with van der Waals surface area (Å²) in [5.74, 6) is -2.87. The lowest BCUT2D eigenvalue weighted by Crippen LogP contribution is -2.52. The minimum absolute atomic E-state index is 0.108. The number of carbonyl (C=O) groups excluding carboxylic acids is 2. The summed E-state index contributed by atoms with van der Waals surface area (Å²) in [6.07, 6.45) is 0.864. The molecule has 0 bridgehead atoms. The van der Waals surface area contributed by atoms with Crippen LogP contribution >= 0.6 is 0 Å². The van der Waals surface area contributed by atoms with Crippen molar-refractivity contribution in [1.82, 2.24) is 5.32 Å². The summed E-state index contributed by atoms with van der Waals surface area (Å²) < 4.78 is 4.55. The van der Waals surface area contributed by atoms with E-state index in [9.17, 15) is 14.4 Å². The average Bonchev–Trinajstić information content (AvgIpc) is 2.27. The minimum Gasteiger partial charge on any atom is -0.480 e. The van der Waals surface area contributed by atoms with E-state index in [2.05, 4.69) is 10.1 Å². The highest BCUT2D eigenvalue weighted by molar-refractivity contribution is 6.02. The van der Waals surface area contributed by atoms with E-state index in [0.29, 0.717) is 6.42 Å². The predicted molar refractivity (Wildman–Crippen MR) is 59.1 cm³/mol. The SMILES string of the molecule is CCCC(NC(=O)C(N)C(=O)OCC)C(=O)O. The molecule has 0 aliphatic heterocycles. The van der Waals surface area contributed by atoms with E-state index < -0.39 is 29.9 Å². The van der Waals surface area contributed by atoms with Crippen LogP contribution in [0.15, 0.2) is 0 Å². The van der Waals surface area contributed by atoms with Crippen LogP contribution in [0.3, 0.4) is 0 Å². The number of carboxylic acid groups (broad SMARTS) is 1. The lowest BCUT2D eigenvalue weighted by molar-refractivity contribution is -0.150. The number of rotatable bonds is 7. The van der Waals surface area contributed by atoms with Crippen molar-refractivity contribution in [3.63, 3.8) is 0 Å². The van der Waals surface area contributed by atoms with Gasteiger partial charge in [-0.15, -0.1) is 0 Å². The van der Waals surface area contributed by atoms with Crippen LogP contribution in [0.2, 0.25) is 0 Å². The van der Waals surface area contributed by atoms with Crippen molar-refractivity contribution in [3.05, 3.63) is 0 Å². The molecule has 0 saturated heterocycles. The third-order valence-electron chi connectivity index (χ3n) is 2.01. The van der Waals surface area contributed by atoms with Crippen LogP contribution in [0.4, 0.5) is 0 Å². The van der Waals surface area contributed by atoms with Crippen molar-refractivity contribution >= 4 is 17.8 Å². The van der Waals surface area contributed by atoms with Gasteiger partial charge in [0.1, 0.15) is 6.04 Å². The minimum atomic E-state index is -1.49. The van der Waals surface area contributed by atoms with E-state index in [1.165, 1.54) is 0 Å². The monoisotopic (exact) mass is 246 g/mol. The number of nitrogens with two attached hydrogens (primary N) is 1. The summed E-state index contributed by atoms with van der Waals surface area (Å²) in [7, 11) is 0. The second kappa shape index (κ2) is 7.61. The molecule has 0 fully saturated rings. The molecule has 1 amide bonds. The van der Waals surface area contributed by atoms with Gasteiger partial charge in [-0.25, -0.2) is 9.59 Å². The van der Waals surface area contributed by atoms with Crippen molar-refractivity contribution in [1.29, 1.82) is 0 Å². The summed E-state index contributed by atoms with van der Waals surface area (Å²) >= 11 is 0. The second-order valence-corrected chi connectivity index (χ2v) is 3.42. The van der Waals surface area contributed by atoms with Crippen LogP contribution in [-0.2, 0) is 19.1 Å². The number of carbonyl (C=O) groups is 3. The molecule has 17 heavy (non-hydrogen) atoms. The van der Waals surface area contributed by atoms with E-state index in [1.807, 2.05) is 0 Å². The van der Waals surface area contributed by atoms with Crippen molar-refractivity contribution in [2.75, 3.05) is 6.61 Å². The Morgan fingerprint density at radius 3 is 2.35 bits per heavy atom. The number of esters is 1. The molecule has 0 aliphatic rings. The molecule has 0 saturated carbocycles. The fourth-order valence-electron chi connectivity index (χ4n) is 1.15. The summed E-state index contributed by atoms with van der Waals surface area (Å²) in [6.45, 7) is 3.48. The number of hydrogen-bond donors (Lipinski definition) is 3. The molecule has 98 valence electrons. The Bertz CT molecular complexity index is 292. The van der Waals surface area contributed by atoms with Crippen LogP contribution in [0.5, 0.6) is 0 Å². The number of hydrogen-bond acceptors (Lipinski definition) is 5. The predicted octanol–water partition coefficient (Wildman–Crippen LogP) is -0.754. The highest BCUT2D eigenvalue weighted by atomic mass is 16.5. The van der Waals surface area contributed by atoms with Crippen molar-refractivity contribution in [3.8, 4) is 0 Å². The Kier molecular flexibility index (Phi) is 6.88. The number of carboxylic acids is 1. The van der Waals surface area contributed by atoms with Crippen LogP contribution < -0.4 is 11.1 Å². The molecular weight excluding hydrogens is 228 g/mol. The normalized spacial score (nSPS) is 13.6. The molecule has 0 aromatic heterocycles. The largest absolute Gasteiger partial charge is 0.480 e. The molecule has 7 nitrogen and oxygen atoms in total. The zero-order valence-electron chi connectivity index (χ0n) is 9.93. The van der Waals surface area contributed by atoms with Gasteiger partial charge in [0.2, 0.25) is 5.91 Å². The van der Waals surface area contributed by atoms with E-state index in [4.69, 9.17) is 10.8 Å². The smallest absolute Gasteiger partial charge is 0.332 e. The summed E-state index contributed by atoms with van der Waals surface area (Å²) in [5, 5.41) is 11.0. The van der Waals surface area contributed by atoms with Gasteiger partial charge in [-0.3, -0.25) is 4.79 Å². The molecule has 0 aliphatic carbocycles. The molecular formula is C10H18N2O5. The maximum atomic E-state index is 11.4. The summed E-state index contributed by atoms with van der Waals surface area (Å²) in [6, 6.07) is -2.53. The fourth-order valence-corrected chi connectivity index (χ4v) is 1.15. The van der Waals surface area contributed by atoms with Crippen LogP contribution in [0, 0.1) is 0 Å². The van der Waals surface area contributed by atoms with Crippen LogP contribution in [0.1, 0.15) is 26.7 Å². The van der Waals surface area contributed by atoms with E-state index in [1.54, 1.807) is 13.8 Å². The Morgan fingerprint density at radius 2 is 1.94 bits per heavy atom. The first-order valence-electron chi connectivity index (χ1n) is 5.39. The van der Waals surface area contributed by atoms with Gasteiger partial charge in [0.25, 0.3) is 0 Å². The average molecular weight is 246 g/mol. The maximum Gasteiger partial charge on any atom is 0.332 e. The Labute approximate surface area is 99.3 Å². The molecule has 0 radical (unpaired) electrons. The molecule has 0 rings (SSSR count). The maximum absolute atomic E-state index is 11.4. The number of aliphatic carboxylic acids is 1. The third-order valence-corrected chi connectivity index (χ3v) is 2.01. The fraction of sp³-hybridized carbons (Fsp3) is 0.700. The number of nitrogens with one attached hydrogen (secondary N) is 1. The molecule has 0 heterocycles. The van der Waals surface area contributed by atoms with Crippen LogP contribution in [-0.4, -0.2) is 41.6 Å². The van der Waals surface area contributed by atoms with E-state index >= 15 is 0 Å². The van der Waals surface area contributed by atoms with Crippen molar-refractivity contribution < 1.29 is 24.2 Å². The number of ether oxygens (including phenoxy) is 1. The Hall–Kier alpha value is -1.63. The van der Waals surface area contributed by atoms with Crippen molar-refractivity contribution in [2.45, 2.75) is 38.8 Å². The Balaban J connectivity index is 4.39. The molecule has 7 heteroatoms. The van der Waals surface area contributed by atoms with Crippen LogP contribution in [0.25, 0.3) is 0 Å². The first-order valence-corrected chi connectivity index (χ1v) is 5.39. The van der Waals surface area contributed by atoms with E-state index in [-0.39, 0.29) is 13.0 Å².